The average Bonchev–Trinajstić information content (AvgIpc) is 2.83. The van der Waals surface area contributed by atoms with Crippen LogP contribution in [0.5, 0.6) is 5.75 Å². The molecule has 0 aliphatic rings. The summed E-state index contributed by atoms with van der Waals surface area (Å²) >= 11 is 0. The molecule has 33 heavy (non-hydrogen) atoms. The van der Waals surface area contributed by atoms with Crippen LogP contribution in [0.15, 0.2) is 88.9 Å². The molecule has 0 bridgehead atoms. The Labute approximate surface area is 190 Å². The van der Waals surface area contributed by atoms with Crippen LogP contribution in [-0.2, 0) is 14.8 Å². The molecule has 3 aromatic carbocycles. The topological polar surface area (TPSA) is 131 Å². The molecular weight excluding hydrogens is 448 g/mol. The van der Waals surface area contributed by atoms with E-state index in [4.69, 9.17) is 4.74 Å². The number of amides is 1. The molecule has 0 aliphatic heterocycles. The van der Waals surface area contributed by atoms with Gasteiger partial charge in [-0.1, -0.05) is 30.3 Å². The Morgan fingerprint density at radius 1 is 1.06 bits per heavy atom. The first kappa shape index (κ1) is 23.4. The van der Waals surface area contributed by atoms with Crippen molar-refractivity contribution >= 4 is 33.5 Å². The van der Waals surface area contributed by atoms with E-state index in [9.17, 15) is 23.3 Å². The summed E-state index contributed by atoms with van der Waals surface area (Å²) in [7, 11) is -2.64. The second kappa shape index (κ2) is 10.4. The summed E-state index contributed by atoms with van der Waals surface area (Å²) in [4.78, 5) is 22.9. The normalized spacial score (nSPS) is 11.2. The van der Waals surface area contributed by atoms with Crippen molar-refractivity contribution in [2.24, 2.45) is 5.10 Å². The first-order chi connectivity index (χ1) is 15.8. The summed E-state index contributed by atoms with van der Waals surface area (Å²) in [6, 6.07) is 19.4. The van der Waals surface area contributed by atoms with Gasteiger partial charge < -0.3 is 4.74 Å². The number of non-ortho nitro benzene ring substituents is 1. The SMILES string of the molecule is COc1ccccc1/C=N\NC(=O)CN(c1ccc([N+](=O)[O-])cc1)S(=O)(=O)c1ccccc1. The van der Waals surface area contributed by atoms with E-state index in [1.807, 2.05) is 0 Å². The Hall–Kier alpha value is -4.25. The molecular formula is C22H20N4O6S. The summed E-state index contributed by atoms with van der Waals surface area (Å²) in [5.74, 6) is -0.159. The van der Waals surface area contributed by atoms with Gasteiger partial charge in [-0.2, -0.15) is 5.10 Å². The van der Waals surface area contributed by atoms with Crippen LogP contribution in [0.4, 0.5) is 11.4 Å². The Morgan fingerprint density at radius 3 is 2.33 bits per heavy atom. The number of hydrogen-bond acceptors (Lipinski definition) is 7. The molecule has 0 aromatic heterocycles. The van der Waals surface area contributed by atoms with Crippen LogP contribution in [-0.4, -0.2) is 39.1 Å². The molecule has 0 saturated heterocycles. The van der Waals surface area contributed by atoms with Gasteiger partial charge in [-0.05, 0) is 36.4 Å². The summed E-state index contributed by atoms with van der Waals surface area (Å²) in [6.45, 7) is -0.599. The highest BCUT2D eigenvalue weighted by molar-refractivity contribution is 7.92. The van der Waals surface area contributed by atoms with Crippen LogP contribution in [0.3, 0.4) is 0 Å². The largest absolute Gasteiger partial charge is 0.496 e. The lowest BCUT2D eigenvalue weighted by atomic mass is 10.2. The predicted octanol–water partition coefficient (Wildman–Crippen LogP) is 2.95. The third-order valence-corrected chi connectivity index (χ3v) is 6.29. The van der Waals surface area contributed by atoms with Crippen molar-refractivity contribution in [3.63, 3.8) is 0 Å². The van der Waals surface area contributed by atoms with Gasteiger partial charge in [0.25, 0.3) is 21.6 Å². The number of nitro groups is 1. The van der Waals surface area contributed by atoms with Crippen LogP contribution in [0.2, 0.25) is 0 Å². The van der Waals surface area contributed by atoms with E-state index in [0.717, 1.165) is 4.31 Å². The number of hydrazone groups is 1. The van der Waals surface area contributed by atoms with Gasteiger partial charge in [-0.3, -0.25) is 19.2 Å². The molecule has 3 aromatic rings. The Bertz CT molecular complexity index is 1260. The average molecular weight is 468 g/mol. The number of nitrogens with one attached hydrogen (secondary N) is 1. The first-order valence-electron chi connectivity index (χ1n) is 9.60. The van der Waals surface area contributed by atoms with Crippen molar-refractivity contribution in [1.29, 1.82) is 0 Å². The van der Waals surface area contributed by atoms with E-state index >= 15 is 0 Å². The molecule has 0 fully saturated rings. The quantitative estimate of drug-likeness (QED) is 0.292. The van der Waals surface area contributed by atoms with E-state index in [0.29, 0.717) is 11.3 Å². The van der Waals surface area contributed by atoms with Gasteiger partial charge in [-0.25, -0.2) is 13.8 Å². The monoisotopic (exact) mass is 468 g/mol. The van der Waals surface area contributed by atoms with Crippen molar-refractivity contribution in [3.05, 3.63) is 94.5 Å². The van der Waals surface area contributed by atoms with Crippen molar-refractivity contribution in [1.82, 2.24) is 5.43 Å². The number of ether oxygens (including phenoxy) is 1. The number of benzene rings is 3. The van der Waals surface area contributed by atoms with Gasteiger partial charge in [-0.15, -0.1) is 0 Å². The zero-order chi connectivity index (χ0) is 23.8. The molecule has 1 N–H and O–H groups in total. The number of methoxy groups -OCH3 is 1. The minimum atomic E-state index is -4.14. The number of rotatable bonds is 9. The maximum Gasteiger partial charge on any atom is 0.269 e. The lowest BCUT2D eigenvalue weighted by Gasteiger charge is -2.23. The lowest BCUT2D eigenvalue weighted by Crippen LogP contribution is -2.39. The zero-order valence-corrected chi connectivity index (χ0v) is 18.3. The van der Waals surface area contributed by atoms with E-state index in [1.165, 1.54) is 49.7 Å². The number of hydrogen-bond donors (Lipinski definition) is 1. The van der Waals surface area contributed by atoms with Crippen molar-refractivity contribution in [2.45, 2.75) is 4.90 Å². The molecule has 0 unspecified atom stereocenters. The second-order valence-electron chi connectivity index (χ2n) is 6.63. The van der Waals surface area contributed by atoms with E-state index < -0.39 is 27.4 Å². The van der Waals surface area contributed by atoms with Gasteiger partial charge in [0, 0.05) is 17.7 Å². The highest BCUT2D eigenvalue weighted by Gasteiger charge is 2.27. The van der Waals surface area contributed by atoms with Gasteiger partial charge in [0.15, 0.2) is 0 Å². The Kier molecular flexibility index (Phi) is 7.36. The number of nitrogens with zero attached hydrogens (tertiary/aromatic N) is 3. The van der Waals surface area contributed by atoms with Gasteiger partial charge in [0.05, 0.1) is 28.8 Å². The van der Waals surface area contributed by atoms with Crippen LogP contribution in [0.25, 0.3) is 0 Å². The standard InChI is InChI=1S/C22H20N4O6S/c1-32-21-10-6-5-7-17(21)15-23-24-22(27)16-25(18-11-13-19(14-12-18)26(28)29)33(30,31)20-8-3-2-4-9-20/h2-15H,16H2,1H3,(H,24,27)/b23-15-. The molecule has 0 aliphatic carbocycles. The minimum Gasteiger partial charge on any atom is -0.496 e. The summed E-state index contributed by atoms with van der Waals surface area (Å²) < 4.78 is 32.5. The van der Waals surface area contributed by atoms with Crippen LogP contribution >= 0.6 is 0 Å². The molecule has 170 valence electrons. The van der Waals surface area contributed by atoms with E-state index in [1.54, 1.807) is 42.5 Å². The van der Waals surface area contributed by atoms with Crippen molar-refractivity contribution in [2.75, 3.05) is 18.0 Å². The molecule has 0 spiro atoms. The van der Waals surface area contributed by atoms with Gasteiger partial charge in [0.2, 0.25) is 0 Å². The second-order valence-corrected chi connectivity index (χ2v) is 8.50. The summed E-state index contributed by atoms with van der Waals surface area (Å²) in [6.07, 6.45) is 1.37. The third-order valence-electron chi connectivity index (χ3n) is 4.50. The number of nitro benzene ring substituents is 1. The van der Waals surface area contributed by atoms with E-state index in [-0.39, 0.29) is 16.3 Å². The minimum absolute atomic E-state index is 0.0336. The lowest BCUT2D eigenvalue weighted by molar-refractivity contribution is -0.384. The molecule has 0 saturated carbocycles. The number of carbonyl (C=O) groups is 1. The zero-order valence-electron chi connectivity index (χ0n) is 17.5. The molecule has 1 amide bonds. The van der Waals surface area contributed by atoms with Gasteiger partial charge in [0.1, 0.15) is 12.3 Å². The van der Waals surface area contributed by atoms with Crippen LogP contribution in [0, 0.1) is 10.1 Å². The fraction of sp³-hybridized carbons (Fsp3) is 0.0909. The predicted molar refractivity (Wildman–Crippen MR) is 123 cm³/mol. The Balaban J connectivity index is 1.85. The number of para-hydroxylation sites is 1. The fourth-order valence-electron chi connectivity index (χ4n) is 2.89. The smallest absolute Gasteiger partial charge is 0.269 e. The first-order valence-corrected chi connectivity index (χ1v) is 11.0. The van der Waals surface area contributed by atoms with Gasteiger partial charge >= 0.3 is 0 Å². The fourth-order valence-corrected chi connectivity index (χ4v) is 4.33. The van der Waals surface area contributed by atoms with Crippen molar-refractivity contribution < 1.29 is 22.9 Å². The molecule has 3 rings (SSSR count). The van der Waals surface area contributed by atoms with Crippen LogP contribution < -0.4 is 14.5 Å². The molecule has 10 nitrogen and oxygen atoms in total. The number of carbonyl (C=O) groups excluding carboxylic acids is 1. The van der Waals surface area contributed by atoms with Crippen LogP contribution in [0.1, 0.15) is 5.56 Å². The highest BCUT2D eigenvalue weighted by atomic mass is 32.2. The molecule has 0 heterocycles. The van der Waals surface area contributed by atoms with Crippen molar-refractivity contribution in [3.8, 4) is 5.75 Å². The molecule has 11 heteroatoms. The highest BCUT2D eigenvalue weighted by Crippen LogP contribution is 2.25. The number of anilines is 1. The summed E-state index contributed by atoms with van der Waals surface area (Å²) in [5, 5.41) is 14.8. The van der Waals surface area contributed by atoms with E-state index in [2.05, 4.69) is 10.5 Å². The molecule has 0 atom stereocenters. The Morgan fingerprint density at radius 2 is 1.70 bits per heavy atom. The summed E-state index contributed by atoms with van der Waals surface area (Å²) in [5.41, 5.74) is 2.80. The molecule has 0 radical (unpaired) electrons. The number of sulfonamides is 1. The maximum atomic E-state index is 13.2. The maximum absolute atomic E-state index is 13.2. The third kappa shape index (κ3) is 5.71.